The second kappa shape index (κ2) is 4.34. The van der Waals surface area contributed by atoms with Crippen LogP contribution in [0.4, 0.5) is 0 Å². The predicted octanol–water partition coefficient (Wildman–Crippen LogP) is 0.689. The maximum atomic E-state index is 11.3. The van der Waals surface area contributed by atoms with Gasteiger partial charge in [-0.05, 0) is 44.4 Å². The Balaban J connectivity index is 1.82. The summed E-state index contributed by atoms with van der Waals surface area (Å²) in [7, 11) is 1.30. The van der Waals surface area contributed by atoms with Gasteiger partial charge in [0.2, 0.25) is 0 Å². The molecule has 2 aliphatic rings. The van der Waals surface area contributed by atoms with Crippen molar-refractivity contribution in [3.8, 4) is 0 Å². The molecule has 0 aromatic carbocycles. The molecular weight excluding hydrogens is 206 g/mol. The molecule has 0 bridgehead atoms. The maximum Gasteiger partial charge on any atom is 0.338 e. The third kappa shape index (κ3) is 2.74. The van der Waals surface area contributed by atoms with Gasteiger partial charge in [-0.2, -0.15) is 0 Å². The van der Waals surface area contributed by atoms with Gasteiger partial charge in [0.1, 0.15) is 0 Å². The summed E-state index contributed by atoms with van der Waals surface area (Å²) in [6.45, 7) is 1.79. The van der Waals surface area contributed by atoms with Crippen LogP contribution in [0.1, 0.15) is 32.6 Å². The monoisotopic (exact) mass is 227 g/mol. The SMILES string of the molecule is COC(=O)C(C)(O)CNC(C1CC1)C1CC1. The first kappa shape index (κ1) is 11.9. The molecule has 2 fully saturated rings. The number of aliphatic hydroxyl groups is 1. The lowest BCUT2D eigenvalue weighted by Gasteiger charge is -2.25. The second-order valence-electron chi connectivity index (χ2n) is 5.35. The van der Waals surface area contributed by atoms with E-state index in [2.05, 4.69) is 10.1 Å². The topological polar surface area (TPSA) is 58.6 Å². The minimum atomic E-state index is -1.41. The number of methoxy groups -OCH3 is 1. The molecule has 2 saturated carbocycles. The molecule has 92 valence electrons. The van der Waals surface area contributed by atoms with Crippen LogP contribution in [0.25, 0.3) is 0 Å². The maximum absolute atomic E-state index is 11.3. The average molecular weight is 227 g/mol. The number of carbonyl (C=O) groups excluding carboxylic acids is 1. The highest BCUT2D eigenvalue weighted by atomic mass is 16.5. The van der Waals surface area contributed by atoms with Gasteiger partial charge in [-0.25, -0.2) is 4.79 Å². The number of rotatable bonds is 6. The van der Waals surface area contributed by atoms with Crippen molar-refractivity contribution in [1.82, 2.24) is 5.32 Å². The van der Waals surface area contributed by atoms with Crippen LogP contribution < -0.4 is 5.32 Å². The Morgan fingerprint density at radius 2 is 1.94 bits per heavy atom. The molecular formula is C12H21NO3. The molecule has 0 spiro atoms. The van der Waals surface area contributed by atoms with Gasteiger partial charge >= 0.3 is 5.97 Å². The van der Waals surface area contributed by atoms with Crippen molar-refractivity contribution in [3.05, 3.63) is 0 Å². The Labute approximate surface area is 96.4 Å². The lowest BCUT2D eigenvalue weighted by Crippen LogP contribution is -2.49. The molecule has 4 heteroatoms. The van der Waals surface area contributed by atoms with Crippen molar-refractivity contribution in [1.29, 1.82) is 0 Å². The predicted molar refractivity (Wildman–Crippen MR) is 59.9 cm³/mol. The fraction of sp³-hybridized carbons (Fsp3) is 0.917. The van der Waals surface area contributed by atoms with Gasteiger partial charge in [0.25, 0.3) is 0 Å². The summed E-state index contributed by atoms with van der Waals surface area (Å²) in [5.41, 5.74) is -1.41. The standard InChI is InChI=1S/C12H21NO3/c1-12(15,11(14)16-2)7-13-10(8-3-4-8)9-5-6-9/h8-10,13,15H,3-7H2,1-2H3. The van der Waals surface area contributed by atoms with Gasteiger partial charge in [0, 0.05) is 12.6 Å². The van der Waals surface area contributed by atoms with Crippen LogP contribution in [0.15, 0.2) is 0 Å². The zero-order valence-corrected chi connectivity index (χ0v) is 10.0. The molecule has 16 heavy (non-hydrogen) atoms. The van der Waals surface area contributed by atoms with E-state index in [1.54, 1.807) is 0 Å². The van der Waals surface area contributed by atoms with Crippen molar-refractivity contribution >= 4 is 5.97 Å². The summed E-state index contributed by atoms with van der Waals surface area (Å²) in [4.78, 5) is 11.3. The second-order valence-corrected chi connectivity index (χ2v) is 5.35. The number of hydrogen-bond donors (Lipinski definition) is 2. The van der Waals surface area contributed by atoms with Crippen LogP contribution in [-0.2, 0) is 9.53 Å². The molecule has 2 rings (SSSR count). The van der Waals surface area contributed by atoms with Crippen molar-refractivity contribution in [2.75, 3.05) is 13.7 Å². The Morgan fingerprint density at radius 3 is 2.31 bits per heavy atom. The van der Waals surface area contributed by atoms with E-state index in [4.69, 9.17) is 0 Å². The number of hydrogen-bond acceptors (Lipinski definition) is 4. The van der Waals surface area contributed by atoms with E-state index in [9.17, 15) is 9.90 Å². The molecule has 0 saturated heterocycles. The lowest BCUT2D eigenvalue weighted by atomic mass is 10.0. The summed E-state index contributed by atoms with van der Waals surface area (Å²) in [5.74, 6) is 0.965. The molecule has 2 aliphatic carbocycles. The third-order valence-corrected chi connectivity index (χ3v) is 3.57. The number of carbonyl (C=O) groups is 1. The highest BCUT2D eigenvalue weighted by molar-refractivity contribution is 5.78. The fourth-order valence-corrected chi connectivity index (χ4v) is 2.24. The smallest absolute Gasteiger partial charge is 0.338 e. The molecule has 0 heterocycles. The fourth-order valence-electron chi connectivity index (χ4n) is 2.24. The van der Waals surface area contributed by atoms with E-state index in [1.807, 2.05) is 0 Å². The van der Waals surface area contributed by atoms with Crippen LogP contribution in [0.5, 0.6) is 0 Å². The summed E-state index contributed by atoms with van der Waals surface area (Å²) in [6, 6.07) is 0.496. The van der Waals surface area contributed by atoms with Crippen LogP contribution in [0.2, 0.25) is 0 Å². The summed E-state index contributed by atoms with van der Waals surface area (Å²) >= 11 is 0. The molecule has 2 N–H and O–H groups in total. The molecule has 0 aliphatic heterocycles. The highest BCUT2D eigenvalue weighted by Crippen LogP contribution is 2.44. The van der Waals surface area contributed by atoms with Gasteiger partial charge < -0.3 is 15.2 Å². The van der Waals surface area contributed by atoms with E-state index in [-0.39, 0.29) is 6.54 Å². The van der Waals surface area contributed by atoms with Crippen molar-refractivity contribution in [2.45, 2.75) is 44.2 Å². The van der Waals surface area contributed by atoms with Gasteiger partial charge in [-0.1, -0.05) is 0 Å². The summed E-state index contributed by atoms with van der Waals surface area (Å²) < 4.78 is 4.57. The van der Waals surface area contributed by atoms with Gasteiger partial charge in [-0.15, -0.1) is 0 Å². The minimum Gasteiger partial charge on any atom is -0.467 e. The Kier molecular flexibility index (Phi) is 3.22. The van der Waals surface area contributed by atoms with Crippen LogP contribution in [0, 0.1) is 11.8 Å². The normalized spacial score (nSPS) is 24.2. The van der Waals surface area contributed by atoms with Crippen LogP contribution in [-0.4, -0.2) is 36.4 Å². The first-order chi connectivity index (χ1) is 7.54. The van der Waals surface area contributed by atoms with Gasteiger partial charge in [0.05, 0.1) is 7.11 Å². The zero-order valence-electron chi connectivity index (χ0n) is 10.0. The quantitative estimate of drug-likeness (QED) is 0.655. The number of ether oxygens (including phenoxy) is 1. The van der Waals surface area contributed by atoms with Gasteiger partial charge in [0.15, 0.2) is 5.60 Å². The van der Waals surface area contributed by atoms with E-state index < -0.39 is 11.6 Å². The van der Waals surface area contributed by atoms with Crippen molar-refractivity contribution in [2.24, 2.45) is 11.8 Å². The summed E-state index contributed by atoms with van der Waals surface area (Å²) in [5, 5.41) is 13.2. The van der Waals surface area contributed by atoms with Gasteiger partial charge in [-0.3, -0.25) is 0 Å². The molecule has 0 aromatic rings. The van der Waals surface area contributed by atoms with Crippen LogP contribution in [0.3, 0.4) is 0 Å². The minimum absolute atomic E-state index is 0.289. The number of nitrogens with one attached hydrogen (secondary N) is 1. The summed E-state index contributed by atoms with van der Waals surface area (Å²) in [6.07, 6.45) is 5.14. The Morgan fingerprint density at radius 1 is 1.44 bits per heavy atom. The Hall–Kier alpha value is -0.610. The van der Waals surface area contributed by atoms with Crippen molar-refractivity contribution in [3.63, 3.8) is 0 Å². The molecule has 1 atom stereocenters. The van der Waals surface area contributed by atoms with Crippen molar-refractivity contribution < 1.29 is 14.6 Å². The molecule has 4 nitrogen and oxygen atoms in total. The first-order valence-electron chi connectivity index (χ1n) is 6.09. The Bertz CT molecular complexity index is 257. The molecule has 1 unspecified atom stereocenters. The van der Waals surface area contributed by atoms with E-state index >= 15 is 0 Å². The zero-order chi connectivity index (χ0) is 11.8. The number of esters is 1. The highest BCUT2D eigenvalue weighted by Gasteiger charge is 2.42. The van der Waals surface area contributed by atoms with E-state index in [0.717, 1.165) is 11.8 Å². The largest absolute Gasteiger partial charge is 0.467 e. The molecule has 0 radical (unpaired) electrons. The third-order valence-electron chi connectivity index (χ3n) is 3.57. The molecule has 0 amide bonds. The van der Waals surface area contributed by atoms with E-state index in [0.29, 0.717) is 6.04 Å². The lowest BCUT2D eigenvalue weighted by molar-refractivity contribution is -0.160. The van der Waals surface area contributed by atoms with Crippen LogP contribution >= 0.6 is 0 Å². The van der Waals surface area contributed by atoms with E-state index in [1.165, 1.54) is 39.7 Å². The molecule has 0 aromatic heterocycles. The first-order valence-corrected chi connectivity index (χ1v) is 6.09. The average Bonchev–Trinajstić information content (AvgIpc) is 3.08.